The highest BCUT2D eigenvalue weighted by molar-refractivity contribution is 6.34. The largest absolute Gasteiger partial charge is 0.494 e. The number of anilines is 2. The number of benzene rings is 4. The van der Waals surface area contributed by atoms with Crippen molar-refractivity contribution >= 4 is 57.8 Å². The number of likely N-dealkylation sites (tertiary alicyclic amines) is 2. The molecular weight excluding hydrogens is 932 g/mol. The van der Waals surface area contributed by atoms with Gasteiger partial charge in [0, 0.05) is 111 Å². The second-order valence-corrected chi connectivity index (χ2v) is 20.2. The molecule has 5 amide bonds. The molecule has 6 heterocycles. The van der Waals surface area contributed by atoms with Crippen LogP contribution in [0.15, 0.2) is 66.7 Å². The van der Waals surface area contributed by atoms with Crippen LogP contribution in [0.2, 0.25) is 5.02 Å². The van der Waals surface area contributed by atoms with Crippen LogP contribution in [0, 0.1) is 23.5 Å². The number of rotatable bonds is 12. The van der Waals surface area contributed by atoms with Gasteiger partial charge in [-0.3, -0.25) is 29.3 Å². The van der Waals surface area contributed by atoms with E-state index in [2.05, 4.69) is 42.6 Å². The van der Waals surface area contributed by atoms with Crippen LogP contribution in [-0.2, 0) is 22.2 Å². The number of aromatic nitrogens is 2. The third-order valence-electron chi connectivity index (χ3n) is 15.8. The number of nitrogens with two attached hydrogens (primary N) is 1. The van der Waals surface area contributed by atoms with Crippen molar-refractivity contribution < 1.29 is 37.4 Å². The Hall–Kier alpha value is -6.30. The normalized spacial score (nSPS) is 21.7. The molecule has 1 unspecified atom stereocenters. The number of imide groups is 1. The van der Waals surface area contributed by atoms with E-state index in [1.807, 2.05) is 50.4 Å². The van der Waals surface area contributed by atoms with Crippen molar-refractivity contribution in [3.63, 3.8) is 0 Å². The number of hydrogen-bond donors (Lipinski definition) is 3. The number of carbonyl (C=O) groups excluding carboxylic acids is 4. The van der Waals surface area contributed by atoms with Gasteiger partial charge in [0.2, 0.25) is 17.7 Å². The van der Waals surface area contributed by atoms with Gasteiger partial charge >= 0.3 is 6.03 Å². The predicted molar refractivity (Wildman–Crippen MR) is 267 cm³/mol. The van der Waals surface area contributed by atoms with Crippen LogP contribution < -0.4 is 35.6 Å². The Morgan fingerprint density at radius 3 is 2.35 bits per heavy atom. The summed E-state index contributed by atoms with van der Waals surface area (Å²) in [6.45, 7) is 8.56. The molecule has 10 rings (SSSR count). The number of primary amides is 1. The smallest absolute Gasteiger partial charge is 0.329 e. The van der Waals surface area contributed by atoms with Crippen LogP contribution in [0.1, 0.15) is 79.3 Å². The summed E-state index contributed by atoms with van der Waals surface area (Å²) < 4.78 is 45.9. The van der Waals surface area contributed by atoms with Crippen molar-refractivity contribution in [3.05, 3.63) is 100 Å². The second kappa shape index (κ2) is 19.7. The maximum absolute atomic E-state index is 16.2. The third kappa shape index (κ3) is 9.05. The standard InChI is InChI=1S/C53H60ClF2N9O6/c1-31-44-42(28-39(55)47(54)46(44)45-38(49(57)67)11-12-41(70-3)48(45)56)71-53(31,34-7-5-4-6-8-34)30-58-35-17-20-62(21-18-35)29-32-13-22-64(23-14-32)51(68)33-15-24-63(25-16-33)36-9-10-37-40(27-36)61(2)60-50(37)65-26-19-43(66)59-52(65)69/h4-12,27-28,31-33,35,58H,13-26,29-30H2,1-3H3,(H2,57,67)(H,59,66,69)/t31-,53?/m0/s1. The SMILES string of the molecule is COc1ccc(C(N)=O)c(-c2c(Cl)c(F)cc3c2[C@H](C)C(CNC2CCN(CC4CCN(C(=O)C5CCN(c6ccc7c(N8CCC(=O)NC8=O)nn(C)c7c6)CC5)CC4)CC2)(c2ccccc2)O3)c1F. The Balaban J connectivity index is 0.723. The summed E-state index contributed by atoms with van der Waals surface area (Å²) in [7, 11) is 3.16. The summed E-state index contributed by atoms with van der Waals surface area (Å²) in [5, 5.41) is 11.3. The first-order chi connectivity index (χ1) is 34.2. The van der Waals surface area contributed by atoms with Crippen LogP contribution in [0.4, 0.5) is 25.1 Å². The molecule has 4 aromatic carbocycles. The lowest BCUT2D eigenvalue weighted by molar-refractivity contribution is -0.137. The molecule has 0 spiro atoms. The first kappa shape index (κ1) is 48.3. The number of amides is 5. The summed E-state index contributed by atoms with van der Waals surface area (Å²) in [5.74, 6) is -1.94. The molecule has 5 aliphatic heterocycles. The third-order valence-corrected chi connectivity index (χ3v) is 16.1. The number of ether oxygens (including phenoxy) is 2. The summed E-state index contributed by atoms with van der Waals surface area (Å²) in [5.41, 5.74) is 7.64. The summed E-state index contributed by atoms with van der Waals surface area (Å²) in [6.07, 6.45) is 5.61. The number of fused-ring (bicyclic) bond motifs is 2. The van der Waals surface area contributed by atoms with Gasteiger partial charge in [0.05, 0.1) is 23.2 Å². The van der Waals surface area contributed by atoms with Gasteiger partial charge in [0.1, 0.15) is 11.6 Å². The number of halogens is 3. The zero-order valence-electron chi connectivity index (χ0n) is 40.3. The Labute approximate surface area is 416 Å². The molecule has 71 heavy (non-hydrogen) atoms. The van der Waals surface area contributed by atoms with Crippen LogP contribution in [-0.4, -0.2) is 115 Å². The number of hydrogen-bond acceptors (Lipinski definition) is 10. The highest BCUT2D eigenvalue weighted by atomic mass is 35.5. The van der Waals surface area contributed by atoms with Crippen molar-refractivity contribution in [3.8, 4) is 22.6 Å². The van der Waals surface area contributed by atoms with Gasteiger partial charge < -0.3 is 35.2 Å². The Bertz CT molecular complexity index is 2880. The quantitative estimate of drug-likeness (QED) is 0.115. The minimum atomic E-state index is -1.03. The van der Waals surface area contributed by atoms with E-state index >= 15 is 8.78 Å². The molecule has 5 aliphatic rings. The lowest BCUT2D eigenvalue weighted by atomic mass is 9.77. The van der Waals surface area contributed by atoms with Crippen molar-refractivity contribution in [2.75, 3.05) is 75.8 Å². The fraction of sp³-hybridized carbons (Fsp3) is 0.453. The predicted octanol–water partition coefficient (Wildman–Crippen LogP) is 7.33. The Morgan fingerprint density at radius 2 is 1.66 bits per heavy atom. The van der Waals surface area contributed by atoms with Crippen LogP contribution >= 0.6 is 11.6 Å². The topological polar surface area (TPSA) is 168 Å². The van der Waals surface area contributed by atoms with Gasteiger partial charge in [-0.2, -0.15) is 5.10 Å². The molecule has 0 saturated carbocycles. The lowest BCUT2D eigenvalue weighted by Gasteiger charge is -2.40. The van der Waals surface area contributed by atoms with Crippen molar-refractivity contribution in [1.29, 1.82) is 0 Å². The van der Waals surface area contributed by atoms with Gasteiger partial charge in [0.25, 0.3) is 0 Å². The van der Waals surface area contributed by atoms with Crippen LogP contribution in [0.25, 0.3) is 22.0 Å². The van der Waals surface area contributed by atoms with E-state index < -0.39 is 35.1 Å². The molecule has 0 radical (unpaired) electrons. The van der Waals surface area contributed by atoms with Gasteiger partial charge in [-0.1, -0.05) is 48.9 Å². The highest BCUT2D eigenvalue weighted by Crippen LogP contribution is 2.56. The molecule has 2 atom stereocenters. The monoisotopic (exact) mass is 991 g/mol. The van der Waals surface area contributed by atoms with Gasteiger partial charge in [-0.25, -0.2) is 13.6 Å². The zero-order chi connectivity index (χ0) is 49.7. The molecule has 0 aliphatic carbocycles. The summed E-state index contributed by atoms with van der Waals surface area (Å²) in [6, 6.07) is 19.5. The number of methoxy groups -OCH3 is 1. The summed E-state index contributed by atoms with van der Waals surface area (Å²) in [4.78, 5) is 59.3. The Kier molecular flexibility index (Phi) is 13.4. The molecule has 18 heteroatoms. The maximum atomic E-state index is 16.2. The maximum Gasteiger partial charge on any atom is 0.329 e. The minimum absolute atomic E-state index is 0.00109. The lowest BCUT2D eigenvalue weighted by Crippen LogP contribution is -2.51. The first-order valence-corrected chi connectivity index (χ1v) is 25.1. The molecular formula is C53H60ClF2N9O6. The zero-order valence-corrected chi connectivity index (χ0v) is 41.1. The average molecular weight is 993 g/mol. The fourth-order valence-corrected chi connectivity index (χ4v) is 12.0. The second-order valence-electron chi connectivity index (χ2n) is 19.8. The van der Waals surface area contributed by atoms with Gasteiger partial charge in [-0.15, -0.1) is 0 Å². The van der Waals surface area contributed by atoms with Crippen molar-refractivity contribution in [1.82, 2.24) is 30.2 Å². The van der Waals surface area contributed by atoms with Crippen LogP contribution in [0.3, 0.4) is 0 Å². The number of piperidine rings is 3. The van der Waals surface area contributed by atoms with Crippen molar-refractivity contribution in [2.24, 2.45) is 24.6 Å². The average Bonchev–Trinajstić information content (AvgIpc) is 3.86. The number of carbonyl (C=O) groups is 4. The molecule has 4 saturated heterocycles. The molecule has 15 nitrogen and oxygen atoms in total. The van der Waals surface area contributed by atoms with E-state index in [9.17, 15) is 19.2 Å². The molecule has 374 valence electrons. The molecule has 1 aromatic heterocycles. The van der Waals surface area contributed by atoms with Gasteiger partial charge in [-0.05, 0) is 93.4 Å². The number of nitrogens with one attached hydrogen (secondary N) is 2. The van der Waals surface area contributed by atoms with Crippen LogP contribution in [0.5, 0.6) is 11.5 Å². The Morgan fingerprint density at radius 1 is 0.930 bits per heavy atom. The van der Waals surface area contributed by atoms with E-state index in [0.717, 1.165) is 106 Å². The number of nitrogens with zero attached hydrogens (tertiary/aromatic N) is 6. The molecule has 0 bridgehead atoms. The molecule has 4 fully saturated rings. The van der Waals surface area contributed by atoms with E-state index in [1.165, 1.54) is 30.2 Å². The summed E-state index contributed by atoms with van der Waals surface area (Å²) >= 11 is 6.71. The highest BCUT2D eigenvalue weighted by Gasteiger charge is 2.50. The fourth-order valence-electron chi connectivity index (χ4n) is 11.7. The van der Waals surface area contributed by atoms with Gasteiger partial charge in [0.15, 0.2) is 23.0 Å². The molecule has 4 N–H and O–H groups in total. The van der Waals surface area contributed by atoms with E-state index in [0.29, 0.717) is 23.8 Å². The van der Waals surface area contributed by atoms with E-state index in [1.54, 1.807) is 4.68 Å². The van der Waals surface area contributed by atoms with E-state index in [4.69, 9.17) is 26.8 Å². The van der Waals surface area contributed by atoms with E-state index in [-0.39, 0.29) is 70.0 Å². The number of urea groups is 1. The molecule has 5 aromatic rings. The first-order valence-electron chi connectivity index (χ1n) is 24.7. The van der Waals surface area contributed by atoms with Crippen molar-refractivity contribution in [2.45, 2.75) is 69.4 Å². The number of aryl methyl sites for hydroxylation is 1. The minimum Gasteiger partial charge on any atom is -0.494 e.